The fourth-order valence-corrected chi connectivity index (χ4v) is 2.87. The number of piperidine rings is 1. The number of aromatic nitrogens is 4. The number of hydrogen-bond donors (Lipinski definition) is 1. The van der Waals surface area contributed by atoms with Crippen LogP contribution in [0.1, 0.15) is 26.2 Å². The van der Waals surface area contributed by atoms with Crippen molar-refractivity contribution in [2.75, 3.05) is 25.0 Å². The lowest BCUT2D eigenvalue weighted by Crippen LogP contribution is -2.39. The highest BCUT2D eigenvalue weighted by Crippen LogP contribution is 2.19. The number of nitrogens with zero attached hydrogens (tertiary/aromatic N) is 5. The van der Waals surface area contributed by atoms with E-state index in [1.807, 2.05) is 12.1 Å². The molecule has 0 bridgehead atoms. The Bertz CT molecular complexity index is 545. The number of nitrogens with one attached hydrogen (secondary N) is 1. The lowest BCUT2D eigenvalue weighted by molar-refractivity contribution is 0.219. The third-order valence-corrected chi connectivity index (χ3v) is 3.96. The molecule has 0 atom stereocenters. The molecule has 0 saturated carbocycles. The van der Waals surface area contributed by atoms with E-state index in [1.54, 1.807) is 11.0 Å². The van der Waals surface area contributed by atoms with Crippen molar-refractivity contribution in [2.45, 2.75) is 32.2 Å². The summed E-state index contributed by atoms with van der Waals surface area (Å²) in [6.07, 6.45) is 5.26. The molecular formula is C15H22N6. The molecule has 1 saturated heterocycles. The van der Waals surface area contributed by atoms with Crippen LogP contribution in [0, 0.1) is 0 Å². The van der Waals surface area contributed by atoms with E-state index in [4.69, 9.17) is 0 Å². The third kappa shape index (κ3) is 3.58. The lowest BCUT2D eigenvalue weighted by Gasteiger charge is -2.32. The van der Waals surface area contributed by atoms with E-state index in [1.165, 1.54) is 38.9 Å². The quantitative estimate of drug-likeness (QED) is 0.910. The van der Waals surface area contributed by atoms with E-state index in [0.29, 0.717) is 6.04 Å². The third-order valence-electron chi connectivity index (χ3n) is 3.96. The van der Waals surface area contributed by atoms with Crippen molar-refractivity contribution in [1.29, 1.82) is 0 Å². The summed E-state index contributed by atoms with van der Waals surface area (Å²) in [6.45, 7) is 5.85. The van der Waals surface area contributed by atoms with Gasteiger partial charge in [-0.2, -0.15) is 0 Å². The summed E-state index contributed by atoms with van der Waals surface area (Å²) in [6, 6.07) is 8.79. The Labute approximate surface area is 125 Å². The monoisotopic (exact) mass is 286 g/mol. The Balaban J connectivity index is 1.60. The Morgan fingerprint density at radius 3 is 2.86 bits per heavy atom. The van der Waals surface area contributed by atoms with E-state index in [0.717, 1.165) is 11.4 Å². The normalized spacial score (nSPS) is 17.0. The summed E-state index contributed by atoms with van der Waals surface area (Å²) in [5.74, 6) is 0. The van der Waals surface area contributed by atoms with Crippen LogP contribution in [0.2, 0.25) is 0 Å². The van der Waals surface area contributed by atoms with Gasteiger partial charge in [-0.15, -0.1) is 5.10 Å². The van der Waals surface area contributed by atoms with Gasteiger partial charge in [-0.25, -0.2) is 4.68 Å². The van der Waals surface area contributed by atoms with Crippen LogP contribution < -0.4 is 5.32 Å². The van der Waals surface area contributed by atoms with Gasteiger partial charge in [-0.1, -0.05) is 13.0 Å². The average Bonchev–Trinajstić information content (AvgIpc) is 3.04. The van der Waals surface area contributed by atoms with Gasteiger partial charge in [0, 0.05) is 24.8 Å². The maximum Gasteiger partial charge on any atom is 0.143 e. The van der Waals surface area contributed by atoms with Gasteiger partial charge >= 0.3 is 0 Å². The molecule has 3 rings (SSSR count). The largest absolute Gasteiger partial charge is 0.382 e. The zero-order chi connectivity index (χ0) is 14.5. The van der Waals surface area contributed by atoms with Crippen LogP contribution >= 0.6 is 0 Å². The minimum Gasteiger partial charge on any atom is -0.382 e. The van der Waals surface area contributed by atoms with Crippen LogP contribution in [0.3, 0.4) is 0 Å². The molecule has 1 aliphatic heterocycles. The molecule has 0 amide bonds. The number of anilines is 1. The van der Waals surface area contributed by atoms with Crippen LogP contribution in [-0.4, -0.2) is 50.8 Å². The molecule has 6 heteroatoms. The second-order valence-electron chi connectivity index (χ2n) is 5.56. The van der Waals surface area contributed by atoms with Crippen molar-refractivity contribution in [3.8, 4) is 5.69 Å². The molecular weight excluding hydrogens is 264 g/mol. The van der Waals surface area contributed by atoms with Crippen molar-refractivity contribution < 1.29 is 0 Å². The highest BCUT2D eigenvalue weighted by Gasteiger charge is 2.18. The van der Waals surface area contributed by atoms with E-state index < -0.39 is 0 Å². The van der Waals surface area contributed by atoms with Crippen LogP contribution in [-0.2, 0) is 0 Å². The van der Waals surface area contributed by atoms with Crippen LogP contribution in [0.15, 0.2) is 30.6 Å². The van der Waals surface area contributed by atoms with E-state index in [2.05, 4.69) is 44.8 Å². The van der Waals surface area contributed by atoms with Crippen LogP contribution in [0.25, 0.3) is 5.69 Å². The highest BCUT2D eigenvalue weighted by atomic mass is 15.5. The van der Waals surface area contributed by atoms with Gasteiger partial charge in [-0.3, -0.25) is 0 Å². The molecule has 21 heavy (non-hydrogen) atoms. The maximum absolute atomic E-state index is 3.93. The Kier molecular flexibility index (Phi) is 4.45. The first-order valence-corrected chi connectivity index (χ1v) is 7.67. The van der Waals surface area contributed by atoms with Gasteiger partial charge in [0.25, 0.3) is 0 Å². The molecule has 1 aliphatic rings. The van der Waals surface area contributed by atoms with Gasteiger partial charge in [0.15, 0.2) is 0 Å². The molecule has 2 aromatic rings. The standard InChI is InChI=1S/C15H22N6/c1-2-8-20-9-6-13(7-10-20)17-14-4-3-5-15(11-14)21-12-16-18-19-21/h3-5,11-13,17H,2,6-10H2,1H3. The smallest absolute Gasteiger partial charge is 0.143 e. The molecule has 2 heterocycles. The van der Waals surface area contributed by atoms with Crippen molar-refractivity contribution in [3.63, 3.8) is 0 Å². The maximum atomic E-state index is 3.93. The van der Waals surface area contributed by atoms with Crippen LogP contribution in [0.5, 0.6) is 0 Å². The SMILES string of the molecule is CCCN1CCC(Nc2cccc(-n3cnnn3)c2)CC1. The number of hydrogen-bond acceptors (Lipinski definition) is 5. The molecule has 1 aromatic carbocycles. The van der Waals surface area contributed by atoms with Gasteiger partial charge in [0.1, 0.15) is 6.33 Å². The first kappa shape index (κ1) is 14.0. The minimum atomic E-state index is 0.558. The molecule has 0 spiro atoms. The molecule has 0 unspecified atom stereocenters. The molecule has 6 nitrogen and oxygen atoms in total. The predicted molar refractivity (Wildman–Crippen MR) is 82.5 cm³/mol. The second kappa shape index (κ2) is 6.67. The van der Waals surface area contributed by atoms with Crippen LogP contribution in [0.4, 0.5) is 5.69 Å². The zero-order valence-corrected chi connectivity index (χ0v) is 12.4. The summed E-state index contributed by atoms with van der Waals surface area (Å²) < 4.78 is 1.68. The lowest BCUT2D eigenvalue weighted by atomic mass is 10.0. The Hall–Kier alpha value is -1.95. The number of benzene rings is 1. The fraction of sp³-hybridized carbons (Fsp3) is 0.533. The molecule has 1 aromatic heterocycles. The van der Waals surface area contributed by atoms with Gasteiger partial charge in [0.2, 0.25) is 0 Å². The average molecular weight is 286 g/mol. The van der Waals surface area contributed by atoms with Crippen molar-refractivity contribution >= 4 is 5.69 Å². The van der Waals surface area contributed by atoms with Gasteiger partial charge in [-0.05, 0) is 54.4 Å². The summed E-state index contributed by atoms with van der Waals surface area (Å²) in [5, 5.41) is 14.9. The van der Waals surface area contributed by atoms with Crippen molar-refractivity contribution in [3.05, 3.63) is 30.6 Å². The molecule has 1 fully saturated rings. The van der Waals surface area contributed by atoms with E-state index in [9.17, 15) is 0 Å². The van der Waals surface area contributed by atoms with Gasteiger partial charge < -0.3 is 10.2 Å². The topological polar surface area (TPSA) is 58.9 Å². The van der Waals surface area contributed by atoms with Crippen molar-refractivity contribution in [1.82, 2.24) is 25.1 Å². The first-order chi connectivity index (χ1) is 10.3. The summed E-state index contributed by atoms with van der Waals surface area (Å²) in [7, 11) is 0. The van der Waals surface area contributed by atoms with E-state index in [-0.39, 0.29) is 0 Å². The van der Waals surface area contributed by atoms with E-state index >= 15 is 0 Å². The first-order valence-electron chi connectivity index (χ1n) is 7.67. The highest BCUT2D eigenvalue weighted by molar-refractivity contribution is 5.51. The molecule has 0 radical (unpaired) electrons. The zero-order valence-electron chi connectivity index (χ0n) is 12.4. The van der Waals surface area contributed by atoms with Gasteiger partial charge in [0.05, 0.1) is 5.69 Å². The summed E-state index contributed by atoms with van der Waals surface area (Å²) >= 11 is 0. The fourth-order valence-electron chi connectivity index (χ4n) is 2.87. The molecule has 112 valence electrons. The number of tetrazole rings is 1. The molecule has 0 aliphatic carbocycles. The summed E-state index contributed by atoms with van der Waals surface area (Å²) in [4.78, 5) is 2.55. The Morgan fingerprint density at radius 2 is 2.14 bits per heavy atom. The number of likely N-dealkylation sites (tertiary alicyclic amines) is 1. The second-order valence-corrected chi connectivity index (χ2v) is 5.56. The summed E-state index contributed by atoms with van der Waals surface area (Å²) in [5.41, 5.74) is 2.12. The minimum absolute atomic E-state index is 0.558. The Morgan fingerprint density at radius 1 is 1.29 bits per heavy atom. The molecule has 1 N–H and O–H groups in total. The number of rotatable bonds is 5. The predicted octanol–water partition coefficient (Wildman–Crippen LogP) is 1.95. The van der Waals surface area contributed by atoms with Crippen molar-refractivity contribution in [2.24, 2.45) is 0 Å².